The number of benzene rings is 7. The number of hydrogen-bond donors (Lipinski definition) is 0. The SMILES string of the molecule is CC1(C)c2cc3c4ccccc4n(-c4nc(-c5ccccc5)cc(-c5ccccc5)n4)c3cc2-n2c3ccc4ccccc4c3c3cccc1c32. The van der Waals surface area contributed by atoms with Crippen LogP contribution in [0.4, 0.5) is 0 Å². The Morgan fingerprint density at radius 2 is 1.10 bits per heavy atom. The van der Waals surface area contributed by atoms with E-state index in [1.807, 2.05) is 12.1 Å². The van der Waals surface area contributed by atoms with Gasteiger partial charge >= 0.3 is 0 Å². The van der Waals surface area contributed by atoms with Crippen LogP contribution in [0, 0.1) is 0 Å². The molecule has 0 N–H and O–H groups in total. The largest absolute Gasteiger partial charge is 0.309 e. The molecule has 11 rings (SSSR count). The van der Waals surface area contributed by atoms with Gasteiger partial charge in [0.2, 0.25) is 5.95 Å². The fraction of sp³-hybridized carbons (Fsp3) is 0.0638. The molecule has 4 heteroatoms. The third kappa shape index (κ3) is 3.90. The van der Waals surface area contributed by atoms with E-state index >= 15 is 0 Å². The van der Waals surface area contributed by atoms with Gasteiger partial charge in [-0.1, -0.05) is 141 Å². The van der Waals surface area contributed by atoms with Gasteiger partial charge in [0, 0.05) is 38.1 Å². The van der Waals surface area contributed by atoms with E-state index in [9.17, 15) is 0 Å². The third-order valence-electron chi connectivity index (χ3n) is 11.1. The molecule has 4 heterocycles. The van der Waals surface area contributed by atoms with Gasteiger partial charge in [-0.15, -0.1) is 0 Å². The van der Waals surface area contributed by atoms with Gasteiger partial charge in [0.1, 0.15) is 0 Å². The van der Waals surface area contributed by atoms with Crippen LogP contribution in [0.15, 0.2) is 158 Å². The van der Waals surface area contributed by atoms with Crippen LogP contribution in [0.25, 0.3) is 88.5 Å². The van der Waals surface area contributed by atoms with Crippen molar-refractivity contribution in [2.24, 2.45) is 0 Å². The molecule has 3 aromatic heterocycles. The summed E-state index contributed by atoms with van der Waals surface area (Å²) in [7, 11) is 0. The van der Waals surface area contributed by atoms with Crippen molar-refractivity contribution in [2.75, 3.05) is 0 Å². The van der Waals surface area contributed by atoms with Crippen LogP contribution >= 0.6 is 0 Å². The molecule has 10 aromatic rings. The van der Waals surface area contributed by atoms with Crippen molar-refractivity contribution < 1.29 is 0 Å². The van der Waals surface area contributed by atoms with E-state index in [0.29, 0.717) is 5.95 Å². The van der Waals surface area contributed by atoms with Gasteiger partial charge in [0.25, 0.3) is 0 Å². The van der Waals surface area contributed by atoms with E-state index in [0.717, 1.165) is 33.5 Å². The number of nitrogens with zero attached hydrogens (tertiary/aromatic N) is 4. The maximum atomic E-state index is 5.31. The lowest BCUT2D eigenvalue weighted by molar-refractivity contribution is 0.631. The van der Waals surface area contributed by atoms with Gasteiger partial charge in [-0.25, -0.2) is 9.97 Å². The van der Waals surface area contributed by atoms with Crippen LogP contribution in [0.5, 0.6) is 0 Å². The zero-order valence-corrected chi connectivity index (χ0v) is 28.3. The van der Waals surface area contributed by atoms with Gasteiger partial charge in [0.05, 0.1) is 39.1 Å². The molecule has 1 aliphatic rings. The Morgan fingerprint density at radius 1 is 0.451 bits per heavy atom. The molecule has 0 unspecified atom stereocenters. The minimum atomic E-state index is -0.226. The third-order valence-corrected chi connectivity index (χ3v) is 11.1. The van der Waals surface area contributed by atoms with Crippen molar-refractivity contribution in [2.45, 2.75) is 19.3 Å². The van der Waals surface area contributed by atoms with Crippen molar-refractivity contribution in [1.82, 2.24) is 19.1 Å². The van der Waals surface area contributed by atoms with Gasteiger partial charge in [-0.05, 0) is 52.2 Å². The Hall–Kier alpha value is -6.52. The summed E-state index contributed by atoms with van der Waals surface area (Å²) in [4.78, 5) is 10.6. The number of aromatic nitrogens is 4. The highest BCUT2D eigenvalue weighted by Gasteiger charge is 2.36. The molecular formula is C47H32N4. The molecule has 0 amide bonds. The highest BCUT2D eigenvalue weighted by molar-refractivity contribution is 6.22. The zero-order valence-electron chi connectivity index (χ0n) is 28.3. The monoisotopic (exact) mass is 652 g/mol. The van der Waals surface area contributed by atoms with Crippen molar-refractivity contribution >= 4 is 54.4 Å². The van der Waals surface area contributed by atoms with Crippen LogP contribution in [-0.4, -0.2) is 19.1 Å². The van der Waals surface area contributed by atoms with Crippen LogP contribution in [0.1, 0.15) is 25.0 Å². The first-order valence-corrected chi connectivity index (χ1v) is 17.6. The molecule has 0 fully saturated rings. The molecule has 240 valence electrons. The molecule has 0 atom stereocenters. The van der Waals surface area contributed by atoms with Crippen LogP contribution in [0.3, 0.4) is 0 Å². The van der Waals surface area contributed by atoms with E-state index in [1.165, 1.54) is 60.2 Å². The number of rotatable bonds is 3. The topological polar surface area (TPSA) is 35.6 Å². The van der Waals surface area contributed by atoms with Crippen molar-refractivity contribution in [3.05, 3.63) is 169 Å². The van der Waals surface area contributed by atoms with Crippen LogP contribution < -0.4 is 0 Å². The molecule has 0 spiro atoms. The maximum Gasteiger partial charge on any atom is 0.235 e. The standard InChI is InChI=1S/C47H32N4/c1-47(2)36-22-13-21-34-44-32-19-10-9-14-29(32)24-25-41(44)50(45(34)36)43-28-42-35(26-37(43)47)33-20-11-12-23-40(33)51(42)46-48-38(30-15-5-3-6-16-30)27-39(49-46)31-17-7-4-8-18-31/h3-28H,1-2H3. The predicted octanol–water partition coefficient (Wildman–Crippen LogP) is 11.8. The highest BCUT2D eigenvalue weighted by Crippen LogP contribution is 2.50. The first kappa shape index (κ1) is 28.3. The van der Waals surface area contributed by atoms with E-state index < -0.39 is 0 Å². The van der Waals surface area contributed by atoms with E-state index in [-0.39, 0.29) is 5.41 Å². The Balaban J connectivity index is 1.28. The van der Waals surface area contributed by atoms with Crippen molar-refractivity contribution in [1.29, 1.82) is 0 Å². The van der Waals surface area contributed by atoms with Gasteiger partial charge in [-0.3, -0.25) is 4.57 Å². The summed E-state index contributed by atoms with van der Waals surface area (Å²) in [6.07, 6.45) is 0. The quantitative estimate of drug-likeness (QED) is 0.190. The van der Waals surface area contributed by atoms with Gasteiger partial charge < -0.3 is 4.57 Å². The molecular weight excluding hydrogens is 621 g/mol. The molecule has 0 saturated heterocycles. The second-order valence-electron chi connectivity index (χ2n) is 14.3. The second kappa shape index (κ2) is 10.3. The predicted molar refractivity (Wildman–Crippen MR) is 211 cm³/mol. The zero-order chi connectivity index (χ0) is 33.8. The molecule has 0 aliphatic carbocycles. The van der Waals surface area contributed by atoms with E-state index in [4.69, 9.17) is 9.97 Å². The lowest BCUT2D eigenvalue weighted by atomic mass is 9.74. The fourth-order valence-corrected chi connectivity index (χ4v) is 8.69. The fourth-order valence-electron chi connectivity index (χ4n) is 8.69. The summed E-state index contributed by atoms with van der Waals surface area (Å²) in [5, 5.41) is 7.53. The lowest BCUT2D eigenvalue weighted by Crippen LogP contribution is -2.26. The number of para-hydroxylation sites is 2. The van der Waals surface area contributed by atoms with Crippen LogP contribution in [-0.2, 0) is 5.41 Å². The average molecular weight is 653 g/mol. The van der Waals surface area contributed by atoms with Gasteiger partial charge in [-0.2, -0.15) is 0 Å². The molecule has 1 aliphatic heterocycles. The summed E-state index contributed by atoms with van der Waals surface area (Å²) in [5.41, 5.74) is 12.2. The summed E-state index contributed by atoms with van der Waals surface area (Å²) >= 11 is 0. The van der Waals surface area contributed by atoms with Crippen LogP contribution in [0.2, 0.25) is 0 Å². The molecule has 7 aromatic carbocycles. The summed E-state index contributed by atoms with van der Waals surface area (Å²) in [6, 6.07) is 56.7. The molecule has 4 nitrogen and oxygen atoms in total. The maximum absolute atomic E-state index is 5.31. The number of hydrogen-bond acceptors (Lipinski definition) is 2. The first-order chi connectivity index (χ1) is 25.1. The summed E-state index contributed by atoms with van der Waals surface area (Å²) in [6.45, 7) is 4.76. The van der Waals surface area contributed by atoms with Crippen molar-refractivity contribution in [3.8, 4) is 34.2 Å². The Labute approximate surface area is 294 Å². The Bertz CT molecular complexity index is 2980. The first-order valence-electron chi connectivity index (χ1n) is 17.6. The summed E-state index contributed by atoms with van der Waals surface area (Å²) < 4.78 is 4.79. The highest BCUT2D eigenvalue weighted by atomic mass is 15.2. The van der Waals surface area contributed by atoms with E-state index in [2.05, 4.69) is 169 Å². The normalized spacial score (nSPS) is 13.5. The minimum absolute atomic E-state index is 0.226. The number of fused-ring (bicyclic) bond motifs is 10. The second-order valence-corrected chi connectivity index (χ2v) is 14.3. The van der Waals surface area contributed by atoms with Crippen molar-refractivity contribution in [3.63, 3.8) is 0 Å². The molecule has 0 bridgehead atoms. The Kier molecular flexibility index (Phi) is 5.70. The average Bonchev–Trinajstić information content (AvgIpc) is 3.70. The van der Waals surface area contributed by atoms with E-state index in [1.54, 1.807) is 0 Å². The van der Waals surface area contributed by atoms with Gasteiger partial charge in [0.15, 0.2) is 0 Å². The molecule has 51 heavy (non-hydrogen) atoms. The molecule has 0 radical (unpaired) electrons. The molecule has 0 saturated carbocycles. The summed E-state index contributed by atoms with van der Waals surface area (Å²) in [5.74, 6) is 0.658. The minimum Gasteiger partial charge on any atom is -0.309 e. The Morgan fingerprint density at radius 3 is 1.84 bits per heavy atom. The lowest BCUT2D eigenvalue weighted by Gasteiger charge is -2.35. The smallest absolute Gasteiger partial charge is 0.235 e.